The number of unbranched alkanes of at least 4 members (excludes halogenated alkanes) is 4. The number of carbonyl (C=O) groups is 2. The number of nitrogens with one attached hydrogen (secondary N) is 1. The fourth-order valence-electron chi connectivity index (χ4n) is 2.57. The minimum atomic E-state index is -0.0501. The van der Waals surface area contributed by atoms with Gasteiger partial charge in [-0.2, -0.15) is 0 Å². The smallest absolute Gasteiger partial charge is 0.230 e. The Labute approximate surface area is 104 Å². The van der Waals surface area contributed by atoms with Crippen LogP contribution >= 0.6 is 0 Å². The van der Waals surface area contributed by atoms with Gasteiger partial charge in [0.15, 0.2) is 0 Å². The molecule has 0 spiro atoms. The number of rotatable bonds is 8. The van der Waals surface area contributed by atoms with Gasteiger partial charge >= 0.3 is 0 Å². The molecule has 0 aromatic rings. The van der Waals surface area contributed by atoms with Gasteiger partial charge in [-0.3, -0.25) is 14.9 Å². The molecule has 0 saturated carbocycles. The first-order valence-corrected chi connectivity index (χ1v) is 7.05. The van der Waals surface area contributed by atoms with E-state index in [-0.39, 0.29) is 23.7 Å². The lowest BCUT2D eigenvalue weighted by molar-refractivity contribution is -0.126. The van der Waals surface area contributed by atoms with Crippen molar-refractivity contribution in [2.24, 2.45) is 11.8 Å². The lowest BCUT2D eigenvalue weighted by Crippen LogP contribution is -2.22. The summed E-state index contributed by atoms with van der Waals surface area (Å²) in [5, 5.41) is 2.49. The van der Waals surface area contributed by atoms with Crippen LogP contribution in [0, 0.1) is 11.8 Å². The Bertz CT molecular complexity index is 237. The molecule has 0 aromatic carbocycles. The molecule has 0 radical (unpaired) electrons. The van der Waals surface area contributed by atoms with Gasteiger partial charge in [-0.05, 0) is 12.8 Å². The van der Waals surface area contributed by atoms with Crippen LogP contribution in [0.3, 0.4) is 0 Å². The molecule has 1 N–H and O–H groups in total. The lowest BCUT2D eigenvalue weighted by Gasteiger charge is -2.14. The number of amides is 2. The van der Waals surface area contributed by atoms with Crippen LogP contribution in [-0.4, -0.2) is 11.8 Å². The van der Waals surface area contributed by atoms with E-state index in [1.807, 2.05) is 0 Å². The summed E-state index contributed by atoms with van der Waals surface area (Å²) in [6.07, 6.45) is 8.49. The van der Waals surface area contributed by atoms with Crippen LogP contribution in [0.2, 0.25) is 0 Å². The second-order valence-electron chi connectivity index (χ2n) is 5.06. The average molecular weight is 239 g/mol. The van der Waals surface area contributed by atoms with Gasteiger partial charge in [0.1, 0.15) is 0 Å². The summed E-state index contributed by atoms with van der Waals surface area (Å²) >= 11 is 0. The van der Waals surface area contributed by atoms with Crippen molar-refractivity contribution in [2.45, 2.75) is 65.2 Å². The van der Waals surface area contributed by atoms with Crippen LogP contribution < -0.4 is 5.32 Å². The molecule has 1 heterocycles. The van der Waals surface area contributed by atoms with E-state index in [0.29, 0.717) is 0 Å². The second-order valence-corrected chi connectivity index (χ2v) is 5.06. The van der Waals surface area contributed by atoms with Crippen LogP contribution in [0.4, 0.5) is 0 Å². The average Bonchev–Trinajstić information content (AvgIpc) is 2.56. The molecule has 3 heteroatoms. The highest BCUT2D eigenvalue weighted by Gasteiger charge is 2.40. The van der Waals surface area contributed by atoms with Gasteiger partial charge in [0.2, 0.25) is 11.8 Å². The molecule has 2 amide bonds. The molecule has 2 unspecified atom stereocenters. The topological polar surface area (TPSA) is 46.2 Å². The van der Waals surface area contributed by atoms with Crippen molar-refractivity contribution in [3.05, 3.63) is 0 Å². The SMILES string of the molecule is CCCCCC1C(=O)NC(=O)C1CCCCC. The quantitative estimate of drug-likeness (QED) is 0.522. The zero-order valence-electron chi connectivity index (χ0n) is 11.1. The standard InChI is InChI=1S/C14H25NO2/c1-3-5-7-9-11-12(10-8-6-4-2)14(17)15-13(11)16/h11-12H,3-10H2,1-2H3,(H,15,16,17). The van der Waals surface area contributed by atoms with E-state index in [9.17, 15) is 9.59 Å². The van der Waals surface area contributed by atoms with E-state index in [0.717, 1.165) is 51.4 Å². The van der Waals surface area contributed by atoms with Gasteiger partial charge in [0.05, 0.1) is 0 Å². The van der Waals surface area contributed by atoms with Gasteiger partial charge in [0, 0.05) is 11.8 Å². The van der Waals surface area contributed by atoms with Crippen LogP contribution in [0.5, 0.6) is 0 Å². The van der Waals surface area contributed by atoms with E-state index in [4.69, 9.17) is 0 Å². The van der Waals surface area contributed by atoms with Crippen LogP contribution in [-0.2, 0) is 9.59 Å². The maximum atomic E-state index is 11.7. The third-order valence-electron chi connectivity index (χ3n) is 3.64. The van der Waals surface area contributed by atoms with E-state index in [1.165, 1.54) is 0 Å². The molecule has 17 heavy (non-hydrogen) atoms. The molecule has 1 aliphatic heterocycles. The Kier molecular flexibility index (Phi) is 6.23. The molecule has 3 nitrogen and oxygen atoms in total. The molecule has 1 saturated heterocycles. The zero-order valence-corrected chi connectivity index (χ0v) is 11.1. The summed E-state index contributed by atoms with van der Waals surface area (Å²) in [6, 6.07) is 0. The fourth-order valence-corrected chi connectivity index (χ4v) is 2.57. The maximum absolute atomic E-state index is 11.7. The lowest BCUT2D eigenvalue weighted by atomic mass is 9.86. The van der Waals surface area contributed by atoms with Gasteiger partial charge < -0.3 is 0 Å². The molecule has 2 atom stereocenters. The molecule has 0 bridgehead atoms. The van der Waals surface area contributed by atoms with Crippen molar-refractivity contribution >= 4 is 11.8 Å². The van der Waals surface area contributed by atoms with Crippen molar-refractivity contribution in [1.82, 2.24) is 5.32 Å². The monoisotopic (exact) mass is 239 g/mol. The molecule has 1 rings (SSSR count). The predicted octanol–water partition coefficient (Wildman–Crippen LogP) is 3.04. The zero-order chi connectivity index (χ0) is 12.7. The first-order valence-electron chi connectivity index (χ1n) is 7.05. The van der Waals surface area contributed by atoms with Crippen LogP contribution in [0.1, 0.15) is 65.2 Å². The normalized spacial score (nSPS) is 24.1. The Balaban J connectivity index is 2.44. The predicted molar refractivity (Wildman–Crippen MR) is 68.4 cm³/mol. The van der Waals surface area contributed by atoms with Gasteiger partial charge in [-0.1, -0.05) is 52.4 Å². The minimum Gasteiger partial charge on any atom is -0.296 e. The van der Waals surface area contributed by atoms with E-state index in [2.05, 4.69) is 19.2 Å². The summed E-state index contributed by atoms with van der Waals surface area (Å²) < 4.78 is 0. The molecule has 0 aromatic heterocycles. The van der Waals surface area contributed by atoms with Gasteiger partial charge in [-0.25, -0.2) is 0 Å². The van der Waals surface area contributed by atoms with Crippen molar-refractivity contribution in [3.8, 4) is 0 Å². The van der Waals surface area contributed by atoms with Crippen molar-refractivity contribution in [2.75, 3.05) is 0 Å². The Morgan fingerprint density at radius 3 is 1.59 bits per heavy atom. The highest BCUT2D eigenvalue weighted by atomic mass is 16.2. The Hall–Kier alpha value is -0.860. The van der Waals surface area contributed by atoms with Crippen LogP contribution in [0.25, 0.3) is 0 Å². The number of imide groups is 1. The fraction of sp³-hybridized carbons (Fsp3) is 0.857. The number of carbonyl (C=O) groups excluding carboxylic acids is 2. The maximum Gasteiger partial charge on any atom is 0.230 e. The van der Waals surface area contributed by atoms with Crippen molar-refractivity contribution in [1.29, 1.82) is 0 Å². The van der Waals surface area contributed by atoms with Crippen molar-refractivity contribution < 1.29 is 9.59 Å². The van der Waals surface area contributed by atoms with Crippen molar-refractivity contribution in [3.63, 3.8) is 0 Å². The molecule has 0 aliphatic carbocycles. The molecule has 1 aliphatic rings. The van der Waals surface area contributed by atoms with Gasteiger partial charge in [0.25, 0.3) is 0 Å². The number of hydrogen-bond acceptors (Lipinski definition) is 2. The van der Waals surface area contributed by atoms with Gasteiger partial charge in [-0.15, -0.1) is 0 Å². The van der Waals surface area contributed by atoms with E-state index >= 15 is 0 Å². The largest absolute Gasteiger partial charge is 0.296 e. The van der Waals surface area contributed by atoms with E-state index in [1.54, 1.807) is 0 Å². The first kappa shape index (κ1) is 14.2. The minimum absolute atomic E-state index is 0.0346. The first-order chi connectivity index (χ1) is 8.20. The highest BCUT2D eigenvalue weighted by Crippen LogP contribution is 2.29. The third kappa shape index (κ3) is 4.14. The Morgan fingerprint density at radius 2 is 1.24 bits per heavy atom. The molecule has 98 valence electrons. The summed E-state index contributed by atoms with van der Waals surface area (Å²) in [5.74, 6) is -0.169. The summed E-state index contributed by atoms with van der Waals surface area (Å²) in [5.41, 5.74) is 0. The van der Waals surface area contributed by atoms with Crippen LogP contribution in [0.15, 0.2) is 0 Å². The summed E-state index contributed by atoms with van der Waals surface area (Å²) in [6.45, 7) is 4.30. The summed E-state index contributed by atoms with van der Waals surface area (Å²) in [4.78, 5) is 23.4. The Morgan fingerprint density at radius 1 is 0.824 bits per heavy atom. The second kappa shape index (κ2) is 7.46. The van der Waals surface area contributed by atoms with E-state index < -0.39 is 0 Å². The number of hydrogen-bond donors (Lipinski definition) is 1. The molecular formula is C14H25NO2. The molecule has 1 fully saturated rings. The highest BCUT2D eigenvalue weighted by molar-refractivity contribution is 6.04. The molecular weight excluding hydrogens is 214 g/mol. The summed E-state index contributed by atoms with van der Waals surface area (Å²) in [7, 11) is 0. The third-order valence-corrected chi connectivity index (χ3v) is 3.64.